The fraction of sp³-hybridized carbons (Fsp3) is 0.733. The van der Waals surface area contributed by atoms with E-state index in [1.54, 1.807) is 0 Å². The van der Waals surface area contributed by atoms with Gasteiger partial charge in [0.25, 0.3) is 0 Å². The average Bonchev–Trinajstić information content (AvgIpc) is 3.27. The summed E-state index contributed by atoms with van der Waals surface area (Å²) in [5.74, 6) is 2.87. The van der Waals surface area contributed by atoms with Crippen molar-refractivity contribution in [3.63, 3.8) is 0 Å². The molecule has 3 heterocycles. The van der Waals surface area contributed by atoms with E-state index in [0.717, 1.165) is 25.3 Å². The van der Waals surface area contributed by atoms with Crippen LogP contribution in [0.25, 0.3) is 0 Å². The zero-order valence-corrected chi connectivity index (χ0v) is 16.9. The first-order chi connectivity index (χ1) is 11.5. The molecule has 26 heavy (non-hydrogen) atoms. The van der Waals surface area contributed by atoms with Crippen molar-refractivity contribution in [1.82, 2.24) is 30.1 Å². The molecule has 1 fully saturated rings. The number of nitrogens with two attached hydrogens (primary N) is 1. The monoisotopic (exact) mass is 407 g/mol. The second kappa shape index (κ2) is 10.2. The highest BCUT2D eigenvalue weighted by atomic mass is 35.5. The number of hydrogen-bond donors (Lipinski definition) is 1. The lowest BCUT2D eigenvalue weighted by atomic mass is 10.2. The minimum Gasteiger partial charge on any atom is -0.339 e. The molecule has 9 nitrogen and oxygen atoms in total. The minimum absolute atomic E-state index is 0. The van der Waals surface area contributed by atoms with Gasteiger partial charge in [-0.15, -0.1) is 24.8 Å². The molecule has 0 spiro atoms. The van der Waals surface area contributed by atoms with Gasteiger partial charge in [-0.05, 0) is 13.5 Å². The van der Waals surface area contributed by atoms with Crippen LogP contribution in [0.2, 0.25) is 0 Å². The van der Waals surface area contributed by atoms with Crippen molar-refractivity contribution in [3.8, 4) is 0 Å². The second-order valence-electron chi connectivity index (χ2n) is 6.60. The maximum absolute atomic E-state index is 5.49. The molecule has 0 amide bonds. The van der Waals surface area contributed by atoms with Gasteiger partial charge in [0.1, 0.15) is 0 Å². The van der Waals surface area contributed by atoms with Gasteiger partial charge >= 0.3 is 0 Å². The summed E-state index contributed by atoms with van der Waals surface area (Å²) in [6.45, 7) is 7.71. The molecule has 1 aliphatic heterocycles. The van der Waals surface area contributed by atoms with E-state index in [4.69, 9.17) is 14.8 Å². The molecular formula is C15H27Cl2N7O2. The Labute approximate surface area is 165 Å². The summed E-state index contributed by atoms with van der Waals surface area (Å²) in [5.41, 5.74) is 5.49. The largest absolute Gasteiger partial charge is 0.339 e. The first-order valence-electron chi connectivity index (χ1n) is 8.31. The normalized spacial score (nSPS) is 17.5. The Bertz CT molecular complexity index is 664. The van der Waals surface area contributed by atoms with Crippen molar-refractivity contribution < 1.29 is 9.05 Å². The predicted molar refractivity (Wildman–Crippen MR) is 100 cm³/mol. The molecule has 1 unspecified atom stereocenters. The van der Waals surface area contributed by atoms with Crippen LogP contribution in [-0.2, 0) is 19.6 Å². The number of halogens is 2. The van der Waals surface area contributed by atoms with Gasteiger partial charge in [0.15, 0.2) is 11.6 Å². The number of hydrogen-bond acceptors (Lipinski definition) is 9. The lowest BCUT2D eigenvalue weighted by Gasteiger charge is -2.22. The molecule has 0 radical (unpaired) electrons. The first kappa shape index (κ1) is 22.8. The van der Waals surface area contributed by atoms with E-state index in [2.05, 4.69) is 37.1 Å². The van der Waals surface area contributed by atoms with E-state index in [0.29, 0.717) is 36.7 Å². The molecule has 2 aromatic rings. The summed E-state index contributed by atoms with van der Waals surface area (Å²) in [5, 5.41) is 8.02. The van der Waals surface area contributed by atoms with Gasteiger partial charge in [-0.2, -0.15) is 9.97 Å². The number of likely N-dealkylation sites (N-methyl/N-ethyl adjacent to an activating group) is 1. The first-order valence-corrected chi connectivity index (χ1v) is 8.31. The number of rotatable bonds is 7. The fourth-order valence-corrected chi connectivity index (χ4v) is 2.87. The molecule has 148 valence electrons. The van der Waals surface area contributed by atoms with Gasteiger partial charge in [0.05, 0.1) is 19.6 Å². The van der Waals surface area contributed by atoms with Gasteiger partial charge in [0.2, 0.25) is 11.8 Å². The van der Waals surface area contributed by atoms with Crippen LogP contribution in [0.1, 0.15) is 49.6 Å². The highest BCUT2D eigenvalue weighted by Gasteiger charge is 2.27. The van der Waals surface area contributed by atoms with Crippen LogP contribution in [-0.4, -0.2) is 56.3 Å². The quantitative estimate of drug-likeness (QED) is 0.730. The van der Waals surface area contributed by atoms with Crippen molar-refractivity contribution in [2.75, 3.05) is 20.1 Å². The second-order valence-corrected chi connectivity index (χ2v) is 6.60. The summed E-state index contributed by atoms with van der Waals surface area (Å²) >= 11 is 0. The molecule has 11 heteroatoms. The number of nitrogens with zero attached hydrogens (tertiary/aromatic N) is 6. The smallest absolute Gasteiger partial charge is 0.240 e. The predicted octanol–water partition coefficient (Wildman–Crippen LogP) is 1.58. The molecule has 3 rings (SSSR count). The topological polar surface area (TPSA) is 110 Å². The van der Waals surface area contributed by atoms with Crippen molar-refractivity contribution in [2.45, 2.75) is 51.9 Å². The van der Waals surface area contributed by atoms with E-state index in [-0.39, 0.29) is 37.3 Å². The van der Waals surface area contributed by atoms with Crippen molar-refractivity contribution in [1.29, 1.82) is 0 Å². The van der Waals surface area contributed by atoms with E-state index in [1.165, 1.54) is 0 Å². The fourth-order valence-electron chi connectivity index (χ4n) is 2.87. The van der Waals surface area contributed by atoms with Gasteiger partial charge in [-0.1, -0.05) is 24.2 Å². The summed E-state index contributed by atoms with van der Waals surface area (Å²) in [4.78, 5) is 13.3. The SMILES string of the molecule is CC(C)c1nc(CN(C)C2CCN(Cc3noc(CN)n3)C2)no1.Cl.Cl. The van der Waals surface area contributed by atoms with Crippen LogP contribution in [0, 0.1) is 0 Å². The van der Waals surface area contributed by atoms with Gasteiger partial charge in [-0.25, -0.2) is 0 Å². The zero-order valence-electron chi connectivity index (χ0n) is 15.3. The lowest BCUT2D eigenvalue weighted by Crippen LogP contribution is -2.34. The summed E-state index contributed by atoms with van der Waals surface area (Å²) in [7, 11) is 2.10. The van der Waals surface area contributed by atoms with Gasteiger partial charge in [-0.3, -0.25) is 9.80 Å². The van der Waals surface area contributed by atoms with Crippen LogP contribution in [0.3, 0.4) is 0 Å². The van der Waals surface area contributed by atoms with Crippen LogP contribution in [0.15, 0.2) is 9.05 Å². The third-order valence-corrected chi connectivity index (χ3v) is 4.29. The zero-order chi connectivity index (χ0) is 17.1. The molecule has 2 N–H and O–H groups in total. The Kier molecular flexibility index (Phi) is 8.91. The summed E-state index contributed by atoms with van der Waals surface area (Å²) in [6.07, 6.45) is 1.09. The van der Waals surface area contributed by atoms with Crippen molar-refractivity contribution >= 4 is 24.8 Å². The Balaban J connectivity index is 0.00000169. The van der Waals surface area contributed by atoms with E-state index in [1.807, 2.05) is 13.8 Å². The van der Waals surface area contributed by atoms with Crippen molar-refractivity contribution in [3.05, 3.63) is 23.4 Å². The van der Waals surface area contributed by atoms with Crippen LogP contribution >= 0.6 is 24.8 Å². The Hall–Kier alpha value is -1.26. The Morgan fingerprint density at radius 3 is 2.54 bits per heavy atom. The minimum atomic E-state index is 0. The summed E-state index contributed by atoms with van der Waals surface area (Å²) < 4.78 is 10.3. The van der Waals surface area contributed by atoms with Gasteiger partial charge in [0, 0.05) is 25.0 Å². The average molecular weight is 408 g/mol. The highest BCUT2D eigenvalue weighted by Crippen LogP contribution is 2.18. The molecule has 0 aliphatic carbocycles. The molecule has 0 bridgehead atoms. The molecule has 1 aliphatic rings. The number of likely N-dealkylation sites (tertiary alicyclic amines) is 1. The maximum atomic E-state index is 5.49. The van der Waals surface area contributed by atoms with Crippen LogP contribution in [0.4, 0.5) is 0 Å². The summed E-state index contributed by atoms with van der Waals surface area (Å²) in [6, 6.07) is 0.451. The van der Waals surface area contributed by atoms with E-state index >= 15 is 0 Å². The molecule has 0 saturated carbocycles. The molecule has 1 saturated heterocycles. The molecule has 1 atom stereocenters. The lowest BCUT2D eigenvalue weighted by molar-refractivity contribution is 0.213. The highest BCUT2D eigenvalue weighted by molar-refractivity contribution is 5.85. The molecule has 0 aromatic carbocycles. The Morgan fingerprint density at radius 1 is 1.19 bits per heavy atom. The van der Waals surface area contributed by atoms with E-state index in [9.17, 15) is 0 Å². The number of aromatic nitrogens is 4. The molecular weight excluding hydrogens is 381 g/mol. The standard InChI is InChI=1S/C15H25N7O2.2ClH/c1-10(2)15-18-12(20-24-15)8-21(3)11-4-5-22(7-11)9-13-17-14(6-16)23-19-13;;/h10-11H,4-9,16H2,1-3H3;2*1H. The third-order valence-electron chi connectivity index (χ3n) is 4.29. The van der Waals surface area contributed by atoms with Gasteiger partial charge < -0.3 is 14.8 Å². The molecule has 2 aromatic heterocycles. The van der Waals surface area contributed by atoms with Crippen molar-refractivity contribution in [2.24, 2.45) is 5.73 Å². The van der Waals surface area contributed by atoms with Crippen LogP contribution in [0.5, 0.6) is 0 Å². The Morgan fingerprint density at radius 2 is 1.92 bits per heavy atom. The van der Waals surface area contributed by atoms with E-state index < -0.39 is 0 Å². The maximum Gasteiger partial charge on any atom is 0.240 e. The third kappa shape index (κ3) is 5.62. The van der Waals surface area contributed by atoms with Crippen LogP contribution < -0.4 is 5.73 Å².